The zero-order valence-corrected chi connectivity index (χ0v) is 12.1. The van der Waals surface area contributed by atoms with E-state index in [1.807, 2.05) is 11.9 Å². The van der Waals surface area contributed by atoms with Crippen LogP contribution in [0.25, 0.3) is 0 Å². The lowest BCUT2D eigenvalue weighted by Crippen LogP contribution is -2.27. The van der Waals surface area contributed by atoms with Crippen LogP contribution in [0, 0.1) is 17.2 Å². The van der Waals surface area contributed by atoms with Crippen molar-refractivity contribution in [3.05, 3.63) is 29.3 Å². The molecule has 0 N–H and O–H groups in total. The molecule has 0 radical (unpaired) electrons. The quantitative estimate of drug-likeness (QED) is 0.859. The third-order valence-electron chi connectivity index (χ3n) is 3.89. The van der Waals surface area contributed by atoms with Gasteiger partial charge in [0.25, 0.3) is 0 Å². The first kappa shape index (κ1) is 15.6. The number of likely N-dealkylation sites (tertiary alicyclic amines) is 1. The van der Waals surface area contributed by atoms with Crippen molar-refractivity contribution in [2.24, 2.45) is 5.92 Å². The summed E-state index contributed by atoms with van der Waals surface area (Å²) in [7, 11) is 3.91. The molecule has 2 rings (SSSR count). The van der Waals surface area contributed by atoms with E-state index in [0.717, 1.165) is 32.1 Å². The van der Waals surface area contributed by atoms with E-state index in [2.05, 4.69) is 11.9 Å². The standard InChI is InChI=1S/C15H18F3N3/c1-20-6-5-11(9-20)10-21(2)13-3-4-14(15(16,17)18)12(7-13)8-19/h3-4,7,11H,5-6,9-10H2,1-2H3. The van der Waals surface area contributed by atoms with Gasteiger partial charge in [0.15, 0.2) is 0 Å². The molecular formula is C15H18F3N3. The average Bonchev–Trinajstić information content (AvgIpc) is 2.82. The molecule has 1 aromatic rings. The molecule has 0 saturated carbocycles. The van der Waals surface area contributed by atoms with Gasteiger partial charge in [-0.1, -0.05) is 0 Å². The molecule has 0 amide bonds. The molecule has 1 aliphatic rings. The van der Waals surface area contributed by atoms with Crippen molar-refractivity contribution >= 4 is 5.69 Å². The number of nitriles is 1. The highest BCUT2D eigenvalue weighted by Gasteiger charge is 2.33. The molecule has 1 unspecified atom stereocenters. The predicted octanol–water partition coefficient (Wildman–Crippen LogP) is 2.96. The Labute approximate surface area is 122 Å². The molecular weight excluding hydrogens is 279 g/mol. The number of hydrogen-bond acceptors (Lipinski definition) is 3. The summed E-state index contributed by atoms with van der Waals surface area (Å²) < 4.78 is 38.3. The minimum absolute atomic E-state index is 0.324. The fraction of sp³-hybridized carbons (Fsp3) is 0.533. The number of benzene rings is 1. The van der Waals surface area contributed by atoms with Crippen molar-refractivity contribution in [1.82, 2.24) is 4.90 Å². The Bertz CT molecular complexity index is 548. The third-order valence-corrected chi connectivity index (χ3v) is 3.89. The lowest BCUT2D eigenvalue weighted by Gasteiger charge is -2.24. The summed E-state index contributed by atoms with van der Waals surface area (Å²) >= 11 is 0. The van der Waals surface area contributed by atoms with Gasteiger partial charge in [-0.2, -0.15) is 18.4 Å². The predicted molar refractivity (Wildman–Crippen MR) is 75.0 cm³/mol. The first-order valence-electron chi connectivity index (χ1n) is 6.82. The largest absolute Gasteiger partial charge is 0.417 e. The van der Waals surface area contributed by atoms with Crippen molar-refractivity contribution in [2.75, 3.05) is 38.6 Å². The second-order valence-electron chi connectivity index (χ2n) is 5.64. The van der Waals surface area contributed by atoms with Gasteiger partial charge in [0.05, 0.1) is 17.2 Å². The highest BCUT2D eigenvalue weighted by atomic mass is 19.4. The summed E-state index contributed by atoms with van der Waals surface area (Å²) in [5.74, 6) is 0.507. The summed E-state index contributed by atoms with van der Waals surface area (Å²) in [6.07, 6.45) is -3.40. The van der Waals surface area contributed by atoms with Gasteiger partial charge in [-0.3, -0.25) is 0 Å². The number of halogens is 3. The van der Waals surface area contributed by atoms with E-state index in [1.165, 1.54) is 12.1 Å². The van der Waals surface area contributed by atoms with Crippen LogP contribution in [0.15, 0.2) is 18.2 Å². The van der Waals surface area contributed by atoms with Crippen molar-refractivity contribution in [3.8, 4) is 6.07 Å². The van der Waals surface area contributed by atoms with Crippen LogP contribution in [-0.4, -0.2) is 38.6 Å². The first-order chi connectivity index (χ1) is 9.81. The van der Waals surface area contributed by atoms with Gasteiger partial charge >= 0.3 is 6.18 Å². The van der Waals surface area contributed by atoms with Gasteiger partial charge in [0.1, 0.15) is 0 Å². The molecule has 114 valence electrons. The normalized spacial score (nSPS) is 19.5. The zero-order chi connectivity index (χ0) is 15.6. The smallest absolute Gasteiger partial charge is 0.374 e. The molecule has 1 saturated heterocycles. The third kappa shape index (κ3) is 3.67. The van der Waals surface area contributed by atoms with E-state index in [0.29, 0.717) is 11.6 Å². The van der Waals surface area contributed by atoms with Gasteiger partial charge < -0.3 is 9.80 Å². The van der Waals surface area contributed by atoms with Gasteiger partial charge in [-0.15, -0.1) is 0 Å². The second-order valence-corrected chi connectivity index (χ2v) is 5.64. The van der Waals surface area contributed by atoms with Gasteiger partial charge in [0, 0.05) is 25.8 Å². The Morgan fingerprint density at radius 1 is 1.43 bits per heavy atom. The number of rotatable bonds is 3. The van der Waals surface area contributed by atoms with Crippen LogP contribution in [0.1, 0.15) is 17.5 Å². The van der Waals surface area contributed by atoms with Crippen LogP contribution in [-0.2, 0) is 6.18 Å². The Hall–Kier alpha value is -1.74. The molecule has 1 aliphatic heterocycles. The van der Waals surface area contributed by atoms with E-state index in [4.69, 9.17) is 5.26 Å². The molecule has 3 nitrogen and oxygen atoms in total. The molecule has 0 spiro atoms. The minimum Gasteiger partial charge on any atom is -0.374 e. The summed E-state index contributed by atoms with van der Waals surface area (Å²) in [5.41, 5.74) is -0.549. The van der Waals surface area contributed by atoms with E-state index in [9.17, 15) is 13.2 Å². The highest BCUT2D eigenvalue weighted by Crippen LogP contribution is 2.33. The molecule has 6 heteroatoms. The van der Waals surface area contributed by atoms with Gasteiger partial charge in [-0.05, 0) is 44.1 Å². The molecule has 0 bridgehead atoms. The van der Waals surface area contributed by atoms with Crippen molar-refractivity contribution in [3.63, 3.8) is 0 Å². The molecule has 1 aromatic carbocycles. The van der Waals surface area contributed by atoms with Crippen molar-refractivity contribution < 1.29 is 13.2 Å². The summed E-state index contributed by atoms with van der Waals surface area (Å²) in [6, 6.07) is 5.39. The van der Waals surface area contributed by atoms with Crippen molar-refractivity contribution in [2.45, 2.75) is 12.6 Å². The molecule has 21 heavy (non-hydrogen) atoms. The topological polar surface area (TPSA) is 30.3 Å². The molecule has 1 atom stereocenters. The van der Waals surface area contributed by atoms with Crippen LogP contribution in [0.5, 0.6) is 0 Å². The maximum absolute atomic E-state index is 12.8. The summed E-state index contributed by atoms with van der Waals surface area (Å²) in [4.78, 5) is 4.16. The Morgan fingerprint density at radius 2 is 2.14 bits per heavy atom. The minimum atomic E-state index is -4.49. The Kier molecular flexibility index (Phi) is 4.43. The second kappa shape index (κ2) is 5.94. The van der Waals surface area contributed by atoms with Crippen molar-refractivity contribution in [1.29, 1.82) is 5.26 Å². The van der Waals surface area contributed by atoms with E-state index >= 15 is 0 Å². The number of anilines is 1. The maximum atomic E-state index is 12.8. The van der Waals surface area contributed by atoms with Gasteiger partial charge in [0.2, 0.25) is 0 Å². The first-order valence-corrected chi connectivity index (χ1v) is 6.82. The van der Waals surface area contributed by atoms with Crippen LogP contribution in [0.3, 0.4) is 0 Å². The highest BCUT2D eigenvalue weighted by molar-refractivity contribution is 5.55. The monoisotopic (exact) mass is 297 g/mol. The maximum Gasteiger partial charge on any atom is 0.417 e. The van der Waals surface area contributed by atoms with Gasteiger partial charge in [-0.25, -0.2) is 0 Å². The fourth-order valence-corrected chi connectivity index (χ4v) is 2.78. The van der Waals surface area contributed by atoms with E-state index in [-0.39, 0.29) is 5.56 Å². The Balaban J connectivity index is 2.15. The molecule has 0 aromatic heterocycles. The van der Waals surface area contributed by atoms with E-state index < -0.39 is 11.7 Å². The number of alkyl halides is 3. The summed E-state index contributed by atoms with van der Waals surface area (Å²) in [6.45, 7) is 2.83. The Morgan fingerprint density at radius 3 is 2.67 bits per heavy atom. The molecule has 1 fully saturated rings. The fourth-order valence-electron chi connectivity index (χ4n) is 2.78. The van der Waals surface area contributed by atoms with E-state index in [1.54, 1.807) is 6.07 Å². The number of nitrogens with zero attached hydrogens (tertiary/aromatic N) is 3. The van der Waals surface area contributed by atoms with Crippen LogP contribution < -0.4 is 4.90 Å². The molecule has 1 heterocycles. The van der Waals surface area contributed by atoms with Crippen LogP contribution in [0.2, 0.25) is 0 Å². The average molecular weight is 297 g/mol. The summed E-state index contributed by atoms with van der Waals surface area (Å²) in [5, 5.41) is 8.93. The zero-order valence-electron chi connectivity index (χ0n) is 12.1. The molecule has 0 aliphatic carbocycles. The SMILES string of the molecule is CN1CCC(CN(C)c2ccc(C(F)(F)F)c(C#N)c2)C1. The van der Waals surface area contributed by atoms with Crippen LogP contribution in [0.4, 0.5) is 18.9 Å². The lowest BCUT2D eigenvalue weighted by atomic mass is 10.1. The van der Waals surface area contributed by atoms with Crippen LogP contribution >= 0.6 is 0 Å². The lowest BCUT2D eigenvalue weighted by molar-refractivity contribution is -0.137. The number of hydrogen-bond donors (Lipinski definition) is 0.